The van der Waals surface area contributed by atoms with Gasteiger partial charge in [0, 0.05) is 34.3 Å². The zero-order chi connectivity index (χ0) is 35.5. The van der Waals surface area contributed by atoms with Crippen LogP contribution in [0.3, 0.4) is 0 Å². The first-order valence-electron chi connectivity index (χ1n) is 13.9. The monoisotopic (exact) mass is 757 g/mol. The number of hydrogen-bond donors (Lipinski definition) is 5. The molecular formula is C28H32ClN7O8S4. The number of nitrogens with zero attached hydrogens (tertiary/aromatic N) is 4. The number of nitrogen functional groups attached to an aromatic ring is 1. The van der Waals surface area contributed by atoms with E-state index in [1.807, 2.05) is 0 Å². The van der Waals surface area contributed by atoms with Crippen LogP contribution in [-0.4, -0.2) is 60.8 Å². The number of thioether (sulfide) groups is 2. The minimum Gasteiger partial charge on any atom is -0.398 e. The number of azo groups is 2. The van der Waals surface area contributed by atoms with E-state index in [4.69, 9.17) is 26.4 Å². The number of carbonyl (C=O) groups excluding carboxylic acids is 2. The maximum atomic E-state index is 12.1. The second-order valence-electron chi connectivity index (χ2n) is 9.96. The number of amides is 2. The molecule has 0 spiro atoms. The Morgan fingerprint density at radius 1 is 0.729 bits per heavy atom. The number of nitrogens with two attached hydrogens (primary N) is 1. The van der Waals surface area contributed by atoms with Gasteiger partial charge in [-0.25, -0.2) is 0 Å². The van der Waals surface area contributed by atoms with Crippen LogP contribution in [0, 0.1) is 0 Å². The molecule has 3 aromatic rings. The summed E-state index contributed by atoms with van der Waals surface area (Å²) in [4.78, 5) is 25.0. The predicted octanol–water partition coefficient (Wildman–Crippen LogP) is 7.41. The number of carbonyl (C=O) groups is 2. The summed E-state index contributed by atoms with van der Waals surface area (Å²) in [5.74, 6) is -1.14. The molecule has 3 rings (SSSR count). The van der Waals surface area contributed by atoms with Gasteiger partial charge < -0.3 is 16.4 Å². The van der Waals surface area contributed by atoms with Crippen LogP contribution in [0.5, 0.6) is 0 Å². The van der Waals surface area contributed by atoms with E-state index in [9.17, 15) is 26.4 Å². The Morgan fingerprint density at radius 2 is 1.19 bits per heavy atom. The van der Waals surface area contributed by atoms with E-state index in [2.05, 4.69) is 31.1 Å². The van der Waals surface area contributed by atoms with Crippen LogP contribution in [0.4, 0.5) is 39.8 Å². The van der Waals surface area contributed by atoms with Gasteiger partial charge in [0.1, 0.15) is 17.1 Å². The van der Waals surface area contributed by atoms with E-state index >= 15 is 0 Å². The molecule has 0 radical (unpaired) electrons. The molecule has 2 amide bonds. The fourth-order valence-electron chi connectivity index (χ4n) is 3.78. The molecule has 0 fully saturated rings. The summed E-state index contributed by atoms with van der Waals surface area (Å²) < 4.78 is 62.8. The van der Waals surface area contributed by atoms with Crippen molar-refractivity contribution in [1.29, 1.82) is 0 Å². The highest BCUT2D eigenvalue weighted by molar-refractivity contribution is 7.99. The summed E-state index contributed by atoms with van der Waals surface area (Å²) >= 11 is 8.37. The summed E-state index contributed by atoms with van der Waals surface area (Å²) in [6.07, 6.45) is 0.261. The van der Waals surface area contributed by atoms with Crippen molar-refractivity contribution in [2.45, 2.75) is 36.5 Å². The molecule has 0 saturated heterocycles. The van der Waals surface area contributed by atoms with E-state index in [0.717, 1.165) is 0 Å². The first kappa shape index (κ1) is 38.9. The molecular weight excluding hydrogens is 726 g/mol. The van der Waals surface area contributed by atoms with Crippen molar-refractivity contribution in [2.75, 3.05) is 39.4 Å². The molecule has 0 heterocycles. The van der Waals surface area contributed by atoms with Crippen molar-refractivity contribution in [3.05, 3.63) is 53.6 Å². The Hall–Kier alpha value is -3.59. The molecule has 48 heavy (non-hydrogen) atoms. The van der Waals surface area contributed by atoms with Crippen molar-refractivity contribution in [3.8, 4) is 0 Å². The first-order valence-corrected chi connectivity index (χ1v) is 19.5. The molecule has 0 aliphatic carbocycles. The van der Waals surface area contributed by atoms with Gasteiger partial charge in [0.05, 0.1) is 28.6 Å². The topological polar surface area (TPSA) is 242 Å². The van der Waals surface area contributed by atoms with E-state index in [1.165, 1.54) is 49.5 Å². The Kier molecular flexibility index (Phi) is 14.3. The third-order valence-electron chi connectivity index (χ3n) is 5.80. The zero-order valence-electron chi connectivity index (χ0n) is 25.6. The van der Waals surface area contributed by atoms with Gasteiger partial charge >= 0.3 is 0 Å². The Labute approximate surface area is 291 Å². The van der Waals surface area contributed by atoms with Crippen molar-refractivity contribution in [3.63, 3.8) is 0 Å². The van der Waals surface area contributed by atoms with Gasteiger partial charge in [-0.05, 0) is 72.9 Å². The number of rotatable bonds is 16. The van der Waals surface area contributed by atoms with Crippen LogP contribution in [0.2, 0.25) is 5.02 Å². The molecule has 0 saturated carbocycles. The first-order chi connectivity index (χ1) is 22.5. The molecule has 0 aliphatic rings. The highest BCUT2D eigenvalue weighted by atomic mass is 35.5. The fourth-order valence-corrected chi connectivity index (χ4v) is 7.17. The molecule has 0 bridgehead atoms. The average molecular weight is 758 g/mol. The standard InChI is InChI=1S/C28H32ClN7O8S4/c1-17(37)31-22-13-21(30)27(45-9-3-11-47(39,40)41)15-24(22)35-36-26-14-23(32-18(2)38)25(34-33-20-7-5-19(29)6-8-20)16-28(26)46-10-4-12-48(42,43)44/h5-8,13-16H,3-4,9-12,30H2,1-2H3,(H,31,37)(H,32,38)(H,39,40,41)(H,42,43,44). The lowest BCUT2D eigenvalue weighted by molar-refractivity contribution is -0.115. The lowest BCUT2D eigenvalue weighted by atomic mass is 10.2. The van der Waals surface area contributed by atoms with Gasteiger partial charge in [0.15, 0.2) is 0 Å². The van der Waals surface area contributed by atoms with Crippen molar-refractivity contribution < 1.29 is 35.5 Å². The molecule has 258 valence electrons. The van der Waals surface area contributed by atoms with Crippen LogP contribution in [0.15, 0.2) is 78.8 Å². The summed E-state index contributed by atoms with van der Waals surface area (Å²) in [6.45, 7) is 2.61. The minimum absolute atomic E-state index is 0.109. The molecule has 0 aliphatic heterocycles. The normalized spacial score (nSPS) is 12.1. The molecule has 0 atom stereocenters. The third-order valence-corrected chi connectivity index (χ3v) is 9.95. The van der Waals surface area contributed by atoms with Gasteiger partial charge in [0.2, 0.25) is 11.8 Å². The number of anilines is 3. The Bertz CT molecular complexity index is 1920. The highest BCUT2D eigenvalue weighted by Gasteiger charge is 2.15. The molecule has 3 aromatic carbocycles. The minimum atomic E-state index is -4.18. The lowest BCUT2D eigenvalue weighted by Crippen LogP contribution is -2.07. The van der Waals surface area contributed by atoms with E-state index in [1.54, 1.807) is 36.4 Å². The van der Waals surface area contributed by atoms with Crippen LogP contribution in [0.25, 0.3) is 0 Å². The number of hydrogen-bond acceptors (Lipinski definition) is 13. The van der Waals surface area contributed by atoms with Crippen molar-refractivity contribution >= 4 is 107 Å². The number of halogens is 1. The predicted molar refractivity (Wildman–Crippen MR) is 189 cm³/mol. The van der Waals surface area contributed by atoms with Gasteiger partial charge in [-0.2, -0.15) is 21.9 Å². The van der Waals surface area contributed by atoms with Crippen LogP contribution in [0.1, 0.15) is 26.7 Å². The Morgan fingerprint density at radius 3 is 1.71 bits per heavy atom. The van der Waals surface area contributed by atoms with Crippen LogP contribution < -0.4 is 16.4 Å². The van der Waals surface area contributed by atoms with Crippen molar-refractivity contribution in [2.24, 2.45) is 20.5 Å². The SMILES string of the molecule is CC(=O)Nc1cc(N=Nc2cc(SCCCS(=O)(=O)O)c(N)cc2NC(C)=O)c(SCCCS(=O)(=O)O)cc1N=Nc1ccc(Cl)cc1. The average Bonchev–Trinajstić information content (AvgIpc) is 2.97. The second kappa shape index (κ2) is 17.7. The highest BCUT2D eigenvalue weighted by Crippen LogP contribution is 2.42. The zero-order valence-corrected chi connectivity index (χ0v) is 29.6. The fraction of sp³-hybridized carbons (Fsp3) is 0.286. The number of nitrogens with one attached hydrogen (secondary N) is 2. The summed E-state index contributed by atoms with van der Waals surface area (Å²) in [5, 5.41) is 23.1. The van der Waals surface area contributed by atoms with E-state index < -0.39 is 43.6 Å². The van der Waals surface area contributed by atoms with Gasteiger partial charge in [-0.3, -0.25) is 18.7 Å². The van der Waals surface area contributed by atoms with Crippen molar-refractivity contribution in [1.82, 2.24) is 0 Å². The molecule has 6 N–H and O–H groups in total. The lowest BCUT2D eigenvalue weighted by Gasteiger charge is -2.13. The second-order valence-corrected chi connectivity index (χ2v) is 15.8. The maximum Gasteiger partial charge on any atom is 0.264 e. The Balaban J connectivity index is 2.07. The molecule has 0 unspecified atom stereocenters. The molecule has 20 heteroatoms. The van der Waals surface area contributed by atoms with Crippen LogP contribution in [-0.2, 0) is 29.8 Å². The van der Waals surface area contributed by atoms with Gasteiger partial charge in [-0.15, -0.1) is 38.9 Å². The third kappa shape index (κ3) is 13.9. The quantitative estimate of drug-likeness (QED) is 0.0317. The van der Waals surface area contributed by atoms with Gasteiger partial charge in [0.25, 0.3) is 20.2 Å². The smallest absolute Gasteiger partial charge is 0.264 e. The maximum absolute atomic E-state index is 12.1. The largest absolute Gasteiger partial charge is 0.398 e. The van der Waals surface area contributed by atoms with Crippen LogP contribution >= 0.6 is 35.1 Å². The summed E-state index contributed by atoms with van der Waals surface area (Å²) in [5.41, 5.74) is 8.14. The molecule has 0 aromatic heterocycles. The van der Waals surface area contributed by atoms with Gasteiger partial charge in [-0.1, -0.05) is 11.6 Å². The van der Waals surface area contributed by atoms with E-state index in [-0.39, 0.29) is 52.7 Å². The molecule has 15 nitrogen and oxygen atoms in total. The summed E-state index contributed by atoms with van der Waals surface area (Å²) in [7, 11) is -8.30. The summed E-state index contributed by atoms with van der Waals surface area (Å²) in [6, 6.07) is 12.7. The van der Waals surface area contributed by atoms with E-state index in [0.29, 0.717) is 26.3 Å². The number of benzene rings is 3.